The molecule has 2 bridgehead atoms. The van der Waals surface area contributed by atoms with Crippen LogP contribution >= 0.6 is 0 Å². The van der Waals surface area contributed by atoms with Crippen molar-refractivity contribution in [2.24, 2.45) is 5.92 Å². The number of hydrogen-bond donors (Lipinski definition) is 1. The van der Waals surface area contributed by atoms with Crippen LogP contribution in [-0.2, 0) is 13.2 Å². The summed E-state index contributed by atoms with van der Waals surface area (Å²) in [5.41, 5.74) is 2.82. The molecule has 2 atom stereocenters. The molecule has 5 nitrogen and oxygen atoms in total. The first kappa shape index (κ1) is 19.0. The van der Waals surface area contributed by atoms with E-state index in [1.165, 1.54) is 12.0 Å². The summed E-state index contributed by atoms with van der Waals surface area (Å²) >= 11 is 0. The average Bonchev–Trinajstić information content (AvgIpc) is 3.04. The zero-order valence-electron chi connectivity index (χ0n) is 16.4. The molecule has 3 aliphatic heterocycles. The average molecular weight is 380 g/mol. The monoisotopic (exact) mass is 380 g/mol. The first-order chi connectivity index (χ1) is 13.7. The van der Waals surface area contributed by atoms with Crippen molar-refractivity contribution in [1.29, 1.82) is 0 Å². The lowest BCUT2D eigenvalue weighted by Gasteiger charge is -2.36. The number of aliphatic hydroxyl groups is 1. The van der Waals surface area contributed by atoms with Crippen molar-refractivity contribution in [2.75, 3.05) is 26.7 Å². The molecule has 2 aromatic rings. The summed E-state index contributed by atoms with van der Waals surface area (Å²) in [6.07, 6.45) is 2.27. The van der Waals surface area contributed by atoms with Crippen LogP contribution in [0.5, 0.6) is 5.75 Å². The van der Waals surface area contributed by atoms with Crippen LogP contribution in [0.3, 0.4) is 0 Å². The zero-order chi connectivity index (χ0) is 19.5. The summed E-state index contributed by atoms with van der Waals surface area (Å²) < 4.78 is 5.25. The van der Waals surface area contributed by atoms with Gasteiger partial charge in [0.05, 0.1) is 13.7 Å². The summed E-state index contributed by atoms with van der Waals surface area (Å²) in [6, 6.07) is 15.9. The standard InChI is InChI=1S/C23H28N2O3/c1-28-22-10-5-17(6-11-22)12-24-13-19-4-9-21(15-24)25(14-19)23(27)20-7-2-18(16-26)3-8-20/h2-3,5-8,10-11,19,21,26H,4,9,12-16H2,1H3/t19-,21+/m0/s1. The molecule has 28 heavy (non-hydrogen) atoms. The maximum Gasteiger partial charge on any atom is 0.254 e. The minimum Gasteiger partial charge on any atom is -0.497 e. The van der Waals surface area contributed by atoms with E-state index >= 15 is 0 Å². The first-order valence-electron chi connectivity index (χ1n) is 10.0. The number of nitrogens with zero attached hydrogens (tertiary/aromatic N) is 2. The molecular weight excluding hydrogens is 352 g/mol. The lowest BCUT2D eigenvalue weighted by molar-refractivity contribution is 0.0585. The van der Waals surface area contributed by atoms with Crippen LogP contribution < -0.4 is 4.74 Å². The fourth-order valence-corrected chi connectivity index (χ4v) is 4.46. The molecule has 0 radical (unpaired) electrons. The number of carbonyl (C=O) groups is 1. The Bertz CT molecular complexity index is 804. The van der Waals surface area contributed by atoms with E-state index < -0.39 is 0 Å². The number of rotatable bonds is 5. The number of aliphatic hydroxyl groups excluding tert-OH is 1. The van der Waals surface area contributed by atoms with Gasteiger partial charge in [0.2, 0.25) is 0 Å². The smallest absolute Gasteiger partial charge is 0.254 e. The number of ether oxygens (including phenoxy) is 1. The van der Waals surface area contributed by atoms with Crippen LogP contribution in [-0.4, -0.2) is 53.6 Å². The highest BCUT2D eigenvalue weighted by molar-refractivity contribution is 5.94. The van der Waals surface area contributed by atoms with Crippen LogP contribution in [0.1, 0.15) is 34.3 Å². The molecular formula is C23H28N2O3. The summed E-state index contributed by atoms with van der Waals surface area (Å²) in [5.74, 6) is 1.52. The Morgan fingerprint density at radius 2 is 1.71 bits per heavy atom. The van der Waals surface area contributed by atoms with Gasteiger partial charge in [-0.25, -0.2) is 0 Å². The molecule has 3 heterocycles. The van der Waals surface area contributed by atoms with Gasteiger partial charge < -0.3 is 14.7 Å². The van der Waals surface area contributed by atoms with Gasteiger partial charge in [0.15, 0.2) is 0 Å². The van der Waals surface area contributed by atoms with Gasteiger partial charge in [0.1, 0.15) is 5.75 Å². The lowest BCUT2D eigenvalue weighted by atomic mass is 9.94. The largest absolute Gasteiger partial charge is 0.497 e. The SMILES string of the molecule is COc1ccc(CN2C[C@@H]3CC[C@H](C2)N(C(=O)c2ccc(CO)cc2)C3)cc1. The predicted octanol–water partition coefficient (Wildman–Crippen LogP) is 2.92. The lowest BCUT2D eigenvalue weighted by Crippen LogP contribution is -2.47. The van der Waals surface area contributed by atoms with Crippen molar-refractivity contribution >= 4 is 5.91 Å². The van der Waals surface area contributed by atoms with Gasteiger partial charge in [-0.2, -0.15) is 0 Å². The van der Waals surface area contributed by atoms with Crippen LogP contribution in [0, 0.1) is 5.92 Å². The number of methoxy groups -OCH3 is 1. The molecule has 3 aliphatic rings. The highest BCUT2D eigenvalue weighted by atomic mass is 16.5. The van der Waals surface area contributed by atoms with Crippen LogP contribution in [0.15, 0.2) is 48.5 Å². The minimum absolute atomic E-state index is 0.00318. The third-order valence-electron chi connectivity index (χ3n) is 6.00. The maximum absolute atomic E-state index is 13.1. The Balaban J connectivity index is 1.45. The topological polar surface area (TPSA) is 53.0 Å². The van der Waals surface area contributed by atoms with Gasteiger partial charge in [-0.3, -0.25) is 9.69 Å². The Kier molecular flexibility index (Phi) is 5.64. The third-order valence-corrected chi connectivity index (χ3v) is 6.00. The van der Waals surface area contributed by atoms with E-state index in [4.69, 9.17) is 4.74 Å². The molecule has 0 saturated carbocycles. The molecule has 0 spiro atoms. The van der Waals surface area contributed by atoms with Gasteiger partial charge in [-0.15, -0.1) is 0 Å². The van der Waals surface area contributed by atoms with Crippen molar-refractivity contribution in [3.05, 3.63) is 65.2 Å². The van der Waals surface area contributed by atoms with Crippen molar-refractivity contribution in [2.45, 2.75) is 32.0 Å². The second-order valence-electron chi connectivity index (χ2n) is 7.95. The third kappa shape index (κ3) is 4.05. The molecule has 0 unspecified atom stereocenters. The fraction of sp³-hybridized carbons (Fsp3) is 0.435. The number of benzene rings is 2. The Hall–Kier alpha value is -2.37. The highest BCUT2D eigenvalue weighted by Gasteiger charge is 2.37. The fourth-order valence-electron chi connectivity index (χ4n) is 4.46. The molecule has 5 rings (SSSR count). The second kappa shape index (κ2) is 8.33. The van der Waals surface area contributed by atoms with E-state index in [0.29, 0.717) is 11.5 Å². The molecule has 148 valence electrons. The van der Waals surface area contributed by atoms with Gasteiger partial charge in [0, 0.05) is 37.8 Å². The Labute approximate surface area is 166 Å². The predicted molar refractivity (Wildman–Crippen MR) is 108 cm³/mol. The van der Waals surface area contributed by atoms with E-state index in [2.05, 4.69) is 21.9 Å². The molecule has 0 aromatic heterocycles. The summed E-state index contributed by atoms with van der Waals surface area (Å²) in [6.45, 7) is 3.70. The molecule has 3 saturated heterocycles. The molecule has 1 amide bonds. The van der Waals surface area contributed by atoms with E-state index in [1.54, 1.807) is 7.11 Å². The van der Waals surface area contributed by atoms with Crippen molar-refractivity contribution in [3.8, 4) is 5.75 Å². The van der Waals surface area contributed by atoms with Crippen molar-refractivity contribution in [1.82, 2.24) is 9.80 Å². The molecule has 1 N–H and O–H groups in total. The molecule has 0 aliphatic carbocycles. The normalized spacial score (nSPS) is 22.1. The van der Waals surface area contributed by atoms with Crippen LogP contribution in [0.4, 0.5) is 0 Å². The van der Waals surface area contributed by atoms with E-state index in [0.717, 1.165) is 43.9 Å². The van der Waals surface area contributed by atoms with Gasteiger partial charge >= 0.3 is 0 Å². The van der Waals surface area contributed by atoms with Crippen molar-refractivity contribution in [3.63, 3.8) is 0 Å². The summed E-state index contributed by atoms with van der Waals surface area (Å²) in [7, 11) is 1.68. The van der Waals surface area contributed by atoms with Crippen LogP contribution in [0.25, 0.3) is 0 Å². The summed E-state index contributed by atoms with van der Waals surface area (Å²) in [5, 5.41) is 9.21. The zero-order valence-corrected chi connectivity index (χ0v) is 16.4. The van der Waals surface area contributed by atoms with E-state index in [-0.39, 0.29) is 18.6 Å². The van der Waals surface area contributed by atoms with Crippen molar-refractivity contribution < 1.29 is 14.6 Å². The number of fused-ring (bicyclic) bond motifs is 4. The number of amides is 1. The maximum atomic E-state index is 13.1. The van der Waals surface area contributed by atoms with Gasteiger partial charge in [-0.1, -0.05) is 24.3 Å². The minimum atomic E-state index is 0.00318. The van der Waals surface area contributed by atoms with E-state index in [9.17, 15) is 9.90 Å². The molecule has 2 aromatic carbocycles. The molecule has 5 heteroatoms. The number of carbonyl (C=O) groups excluding carboxylic acids is 1. The first-order valence-corrected chi connectivity index (χ1v) is 10.0. The number of piperidine rings is 1. The summed E-state index contributed by atoms with van der Waals surface area (Å²) in [4.78, 5) is 17.7. The van der Waals surface area contributed by atoms with Crippen LogP contribution in [0.2, 0.25) is 0 Å². The number of hydrogen-bond acceptors (Lipinski definition) is 4. The Morgan fingerprint density at radius 3 is 2.39 bits per heavy atom. The van der Waals surface area contributed by atoms with Gasteiger partial charge in [0.25, 0.3) is 5.91 Å². The van der Waals surface area contributed by atoms with E-state index in [1.807, 2.05) is 36.4 Å². The highest BCUT2D eigenvalue weighted by Crippen LogP contribution is 2.30. The quantitative estimate of drug-likeness (QED) is 0.867. The Morgan fingerprint density at radius 1 is 1.00 bits per heavy atom. The second-order valence-corrected chi connectivity index (χ2v) is 7.95. The van der Waals surface area contributed by atoms with Gasteiger partial charge in [-0.05, 0) is 54.2 Å². The molecule has 3 fully saturated rings.